The lowest BCUT2D eigenvalue weighted by Crippen LogP contribution is -2.42. The van der Waals surface area contributed by atoms with E-state index in [1.165, 1.54) is 12.0 Å². The molecule has 4 N–H and O–H groups in total. The number of carbonyl (C=O) groups is 4. The first-order valence-electron chi connectivity index (χ1n) is 16.8. The molecule has 3 aliphatic heterocycles. The fourth-order valence-corrected chi connectivity index (χ4v) is 7.76. The van der Waals surface area contributed by atoms with E-state index in [1.807, 2.05) is 39.0 Å². The highest BCUT2D eigenvalue weighted by molar-refractivity contribution is 6.23. The molecule has 0 aromatic carbocycles. The molecule has 6 heterocycles. The number of aromatic amines is 2. The molecule has 11 nitrogen and oxygen atoms in total. The molecule has 0 fully saturated rings. The van der Waals surface area contributed by atoms with Gasteiger partial charge in [-0.2, -0.15) is 0 Å². The van der Waals surface area contributed by atoms with Gasteiger partial charge in [-0.1, -0.05) is 20.8 Å². The second-order valence-corrected chi connectivity index (χ2v) is 13.3. The summed E-state index contributed by atoms with van der Waals surface area (Å²) < 4.78 is 4.97. The van der Waals surface area contributed by atoms with Gasteiger partial charge in [0, 0.05) is 70.3 Å². The second kappa shape index (κ2) is 12.8. The molecule has 0 saturated heterocycles. The number of rotatable bonds is 8. The van der Waals surface area contributed by atoms with Crippen LogP contribution in [-0.4, -0.2) is 68.6 Å². The minimum Gasteiger partial charge on any atom is -0.469 e. The van der Waals surface area contributed by atoms with Gasteiger partial charge in [-0.05, 0) is 75.9 Å². The molecule has 0 radical (unpaired) electrons. The first-order chi connectivity index (χ1) is 22.9. The molecule has 252 valence electrons. The molecule has 3 aromatic heterocycles. The summed E-state index contributed by atoms with van der Waals surface area (Å²) in [5.41, 5.74) is 14.2. The maximum absolute atomic E-state index is 14.4. The zero-order valence-electron chi connectivity index (χ0n) is 28.7. The molecule has 0 spiro atoms. The van der Waals surface area contributed by atoms with Gasteiger partial charge >= 0.3 is 5.97 Å². The Labute approximate surface area is 279 Å². The molecule has 48 heavy (non-hydrogen) atoms. The number of H-pyrrole nitrogens is 2. The Morgan fingerprint density at radius 1 is 0.896 bits per heavy atom. The van der Waals surface area contributed by atoms with Crippen LogP contribution in [0.1, 0.15) is 142 Å². The largest absolute Gasteiger partial charge is 0.469 e. The molecule has 4 atom stereocenters. The van der Waals surface area contributed by atoms with Gasteiger partial charge in [0.1, 0.15) is 0 Å². The van der Waals surface area contributed by atoms with Gasteiger partial charge in [-0.25, -0.2) is 0 Å². The highest BCUT2D eigenvalue weighted by Crippen LogP contribution is 2.44. The zero-order valence-corrected chi connectivity index (χ0v) is 28.7. The lowest BCUT2D eigenvalue weighted by molar-refractivity contribution is -0.140. The minimum atomic E-state index is -0.439. The average molecular weight is 653 g/mol. The number of nitrogens with one attached hydrogen (secondary N) is 2. The number of nitrogens with zero attached hydrogens (tertiary/aromatic N) is 3. The van der Waals surface area contributed by atoms with Gasteiger partial charge in [0.25, 0.3) is 11.8 Å². The Morgan fingerprint density at radius 2 is 1.52 bits per heavy atom. The first-order valence-corrected chi connectivity index (χ1v) is 16.8. The fraction of sp³-hybridized carbons (Fsp3) is 0.459. The lowest BCUT2D eigenvalue weighted by atomic mass is 9.84. The lowest BCUT2D eigenvalue weighted by Gasteiger charge is -2.27. The molecule has 11 heteroatoms. The number of methoxy groups -OCH3 is 1. The molecule has 0 saturated carbocycles. The van der Waals surface area contributed by atoms with E-state index in [2.05, 4.69) is 23.8 Å². The molecule has 2 amide bonds. The van der Waals surface area contributed by atoms with E-state index in [-0.39, 0.29) is 54.3 Å². The summed E-state index contributed by atoms with van der Waals surface area (Å²) in [5.74, 6) is -1.55. The summed E-state index contributed by atoms with van der Waals surface area (Å²) in [4.78, 5) is 72.3. The monoisotopic (exact) mass is 652 g/mol. The maximum atomic E-state index is 14.4. The van der Waals surface area contributed by atoms with Crippen LogP contribution >= 0.6 is 0 Å². The second-order valence-electron chi connectivity index (χ2n) is 13.3. The number of Topliss-reactive ketones (excluding diaryl/α,β-unsaturated/α-hetero) is 1. The Morgan fingerprint density at radius 3 is 2.19 bits per heavy atom. The molecule has 0 aliphatic carbocycles. The number of hydrogen-bond acceptors (Lipinski definition) is 8. The highest BCUT2D eigenvalue weighted by atomic mass is 16.5. The van der Waals surface area contributed by atoms with Crippen molar-refractivity contribution in [3.63, 3.8) is 0 Å². The van der Waals surface area contributed by atoms with Crippen molar-refractivity contribution in [2.75, 3.05) is 20.2 Å². The van der Waals surface area contributed by atoms with Crippen LogP contribution in [0.25, 0.3) is 22.1 Å². The van der Waals surface area contributed by atoms with E-state index < -0.39 is 5.91 Å². The van der Waals surface area contributed by atoms with Gasteiger partial charge in [0.15, 0.2) is 5.78 Å². The van der Waals surface area contributed by atoms with Crippen LogP contribution in [0.3, 0.4) is 0 Å². The number of amides is 2. The molecule has 0 unspecified atom stereocenters. The Balaban J connectivity index is 1.79. The van der Waals surface area contributed by atoms with Crippen LogP contribution in [0.4, 0.5) is 0 Å². The van der Waals surface area contributed by atoms with Crippen LogP contribution < -0.4 is 5.73 Å². The van der Waals surface area contributed by atoms with Crippen LogP contribution in [0.15, 0.2) is 18.2 Å². The van der Waals surface area contributed by atoms with E-state index in [1.54, 1.807) is 6.92 Å². The standard InChI is InChI=1S/C37H44N6O5/c1-8-22-17(2)24-16-29-31(21(6)44)19(4)26(40-29)14-25-18(3)23(10-11-30(45)48-7)34(41-25)33-35-32(20(5)27(42-35)15-28(22)39-24)36(46)43(37(33)47)13-9-12-38/h14-18,22-23,40,42H,8-13,38H2,1-7H3/t17-,18+,22-,23+/m1/s1. The zero-order chi connectivity index (χ0) is 34.6. The fourth-order valence-electron chi connectivity index (χ4n) is 7.76. The molecule has 3 aromatic rings. The number of fused-ring (bicyclic) bond motifs is 8. The van der Waals surface area contributed by atoms with Crippen LogP contribution in [0.2, 0.25) is 0 Å². The van der Waals surface area contributed by atoms with E-state index in [9.17, 15) is 19.2 Å². The predicted octanol–water partition coefficient (Wildman–Crippen LogP) is 6.22. The number of ether oxygens (including phenoxy) is 1. The third-order valence-electron chi connectivity index (χ3n) is 10.6. The number of hydrogen-bond donors (Lipinski definition) is 3. The summed E-state index contributed by atoms with van der Waals surface area (Å²) in [6, 6.07) is 5.90. The van der Waals surface area contributed by atoms with Crippen molar-refractivity contribution in [3.05, 3.63) is 68.8 Å². The maximum Gasteiger partial charge on any atom is 0.305 e. The third kappa shape index (κ3) is 5.34. The van der Waals surface area contributed by atoms with Crippen LogP contribution in [0, 0.1) is 13.8 Å². The smallest absolute Gasteiger partial charge is 0.305 e. The number of aromatic nitrogens is 4. The quantitative estimate of drug-likeness (QED) is 0.147. The van der Waals surface area contributed by atoms with E-state index in [0.717, 1.165) is 34.5 Å². The highest BCUT2D eigenvalue weighted by Gasteiger charge is 2.41. The number of ketones is 1. The van der Waals surface area contributed by atoms with Crippen LogP contribution in [0.5, 0.6) is 0 Å². The van der Waals surface area contributed by atoms with Crippen molar-refractivity contribution < 1.29 is 23.9 Å². The van der Waals surface area contributed by atoms with Gasteiger partial charge in [-0.15, -0.1) is 0 Å². The Bertz CT molecular complexity index is 2020. The summed E-state index contributed by atoms with van der Waals surface area (Å²) in [7, 11) is 1.36. The molecule has 6 rings (SSSR count). The van der Waals surface area contributed by atoms with E-state index >= 15 is 0 Å². The van der Waals surface area contributed by atoms with Crippen molar-refractivity contribution in [2.45, 2.75) is 90.9 Å². The van der Waals surface area contributed by atoms with E-state index in [0.29, 0.717) is 64.0 Å². The SMILES string of the molecule is CC[C@H]1c2cc3[nH]c4c(c5nc(cc6[nH]c(cc(n2)[C@@H]1C)c(C(C)=O)c6C)[C@@H](C)[C@@H]5CCC(=O)OC)C(=O)N(CCCN)C(=O)c4c3C. The van der Waals surface area contributed by atoms with E-state index in [4.69, 9.17) is 20.4 Å². The van der Waals surface area contributed by atoms with Crippen molar-refractivity contribution in [3.8, 4) is 0 Å². The molecule has 8 bridgehead atoms. The van der Waals surface area contributed by atoms with Gasteiger partial charge in [0.2, 0.25) is 0 Å². The molecular weight excluding hydrogens is 608 g/mol. The Kier molecular flexibility index (Phi) is 8.84. The Hall–Kier alpha value is -4.64. The number of esters is 1. The van der Waals surface area contributed by atoms with Gasteiger partial charge < -0.3 is 20.4 Å². The molecular formula is C37H44N6O5. The third-order valence-corrected chi connectivity index (χ3v) is 10.6. The first kappa shape index (κ1) is 33.3. The van der Waals surface area contributed by atoms with Gasteiger partial charge in [0.05, 0.1) is 35.0 Å². The van der Waals surface area contributed by atoms with Crippen LogP contribution in [-0.2, 0) is 9.53 Å². The van der Waals surface area contributed by atoms with Crippen molar-refractivity contribution >= 4 is 45.6 Å². The van der Waals surface area contributed by atoms with Crippen molar-refractivity contribution in [2.24, 2.45) is 5.73 Å². The summed E-state index contributed by atoms with van der Waals surface area (Å²) in [5, 5.41) is 0. The number of carbonyl (C=O) groups excluding carboxylic acids is 4. The normalized spacial score (nSPS) is 20.4. The number of aryl methyl sites for hydroxylation is 2. The number of nitrogens with two attached hydrogens (primary N) is 1. The predicted molar refractivity (Wildman–Crippen MR) is 183 cm³/mol. The number of imide groups is 1. The molecule has 3 aliphatic rings. The summed E-state index contributed by atoms with van der Waals surface area (Å²) in [6.07, 6.45) is 1.82. The van der Waals surface area contributed by atoms with Crippen molar-refractivity contribution in [1.29, 1.82) is 0 Å². The average Bonchev–Trinajstić information content (AvgIpc) is 3.73. The topological polar surface area (TPSA) is 164 Å². The summed E-state index contributed by atoms with van der Waals surface area (Å²) in [6.45, 7) is 12.2. The van der Waals surface area contributed by atoms with Gasteiger partial charge in [-0.3, -0.25) is 34.0 Å². The summed E-state index contributed by atoms with van der Waals surface area (Å²) >= 11 is 0. The van der Waals surface area contributed by atoms with Crippen molar-refractivity contribution in [1.82, 2.24) is 24.8 Å². The minimum absolute atomic E-state index is 0.0569.